The molecule has 0 aliphatic heterocycles. The zero-order chi connectivity index (χ0) is 13.4. The van der Waals surface area contributed by atoms with Gasteiger partial charge in [-0.15, -0.1) is 10.2 Å². The lowest BCUT2D eigenvalue weighted by molar-refractivity contribution is 0.876. The Balaban J connectivity index is 2.04. The van der Waals surface area contributed by atoms with E-state index in [4.69, 9.17) is 5.73 Å². The highest BCUT2D eigenvalue weighted by Crippen LogP contribution is 2.13. The lowest BCUT2D eigenvalue weighted by Gasteiger charge is -2.04. The van der Waals surface area contributed by atoms with Gasteiger partial charge in [-0.1, -0.05) is 12.1 Å². The molecule has 0 radical (unpaired) electrons. The first-order valence-electron chi connectivity index (χ1n) is 6.16. The number of nitrogens with zero attached hydrogens (tertiary/aromatic N) is 4. The van der Waals surface area contributed by atoms with E-state index in [2.05, 4.69) is 15.2 Å². The third-order valence-corrected chi connectivity index (χ3v) is 3.10. The number of nitrogens with two attached hydrogens (primary N) is 1. The van der Waals surface area contributed by atoms with Gasteiger partial charge in [-0.2, -0.15) is 0 Å². The van der Waals surface area contributed by atoms with Crippen molar-refractivity contribution in [1.29, 1.82) is 0 Å². The second-order valence-electron chi connectivity index (χ2n) is 4.67. The van der Waals surface area contributed by atoms with Crippen LogP contribution in [0.1, 0.15) is 22.9 Å². The molecule has 0 unspecified atom stereocenters. The average molecular weight is 253 g/mol. The van der Waals surface area contributed by atoms with Crippen molar-refractivity contribution >= 4 is 11.3 Å². The molecule has 96 valence electrons. The molecule has 0 spiro atoms. The second kappa shape index (κ2) is 4.35. The number of anilines is 1. The number of nitrogen functional groups attached to an aromatic ring is 1. The first kappa shape index (κ1) is 11.6. The molecule has 3 aromatic rings. The van der Waals surface area contributed by atoms with Crippen LogP contribution in [0.25, 0.3) is 5.65 Å². The number of aryl methyl sites for hydroxylation is 2. The first-order chi connectivity index (χ1) is 9.13. The molecule has 19 heavy (non-hydrogen) atoms. The Hall–Kier alpha value is -2.43. The number of fused-ring (bicyclic) bond motifs is 1. The second-order valence-corrected chi connectivity index (χ2v) is 4.67. The van der Waals surface area contributed by atoms with Crippen molar-refractivity contribution in [3.8, 4) is 0 Å². The number of aromatic nitrogens is 4. The fourth-order valence-corrected chi connectivity index (χ4v) is 2.23. The van der Waals surface area contributed by atoms with Gasteiger partial charge in [0, 0.05) is 23.9 Å². The van der Waals surface area contributed by atoms with E-state index in [1.807, 2.05) is 48.6 Å². The normalized spacial score (nSPS) is 11.1. The van der Waals surface area contributed by atoms with Crippen molar-refractivity contribution in [3.63, 3.8) is 0 Å². The number of rotatable bonds is 2. The van der Waals surface area contributed by atoms with Gasteiger partial charge in [-0.05, 0) is 31.5 Å². The van der Waals surface area contributed by atoms with Gasteiger partial charge < -0.3 is 5.73 Å². The predicted octanol–water partition coefficient (Wildman–Crippen LogP) is 1.91. The van der Waals surface area contributed by atoms with Crippen LogP contribution in [0.3, 0.4) is 0 Å². The van der Waals surface area contributed by atoms with Gasteiger partial charge in [0.25, 0.3) is 0 Å². The van der Waals surface area contributed by atoms with Crippen LogP contribution < -0.4 is 5.73 Å². The van der Waals surface area contributed by atoms with Crippen LogP contribution >= 0.6 is 0 Å². The number of benzene rings is 1. The van der Waals surface area contributed by atoms with E-state index in [9.17, 15) is 0 Å². The van der Waals surface area contributed by atoms with Crippen molar-refractivity contribution < 1.29 is 0 Å². The van der Waals surface area contributed by atoms with Gasteiger partial charge >= 0.3 is 0 Å². The smallest absolute Gasteiger partial charge is 0.164 e. The Morgan fingerprint density at radius 3 is 2.58 bits per heavy atom. The van der Waals surface area contributed by atoms with Crippen molar-refractivity contribution in [2.24, 2.45) is 0 Å². The Morgan fingerprint density at radius 2 is 1.84 bits per heavy atom. The molecule has 0 atom stereocenters. The summed E-state index contributed by atoms with van der Waals surface area (Å²) in [7, 11) is 0. The summed E-state index contributed by atoms with van der Waals surface area (Å²) in [6.07, 6.45) is 0.715. The Morgan fingerprint density at radius 1 is 1.11 bits per heavy atom. The Kier molecular flexibility index (Phi) is 2.67. The van der Waals surface area contributed by atoms with E-state index in [1.54, 1.807) is 0 Å². The van der Waals surface area contributed by atoms with E-state index >= 15 is 0 Å². The summed E-state index contributed by atoms with van der Waals surface area (Å²) in [5.41, 5.74) is 9.41. The average Bonchev–Trinajstić information content (AvgIpc) is 2.75. The summed E-state index contributed by atoms with van der Waals surface area (Å²) in [6.45, 7) is 3.93. The summed E-state index contributed by atoms with van der Waals surface area (Å²) >= 11 is 0. The highest BCUT2D eigenvalue weighted by molar-refractivity contribution is 5.42. The maximum atomic E-state index is 5.69. The van der Waals surface area contributed by atoms with Crippen LogP contribution in [-0.4, -0.2) is 19.6 Å². The minimum Gasteiger partial charge on any atom is -0.399 e. The topological polar surface area (TPSA) is 69.1 Å². The summed E-state index contributed by atoms with van der Waals surface area (Å²) in [4.78, 5) is 4.45. The largest absolute Gasteiger partial charge is 0.399 e. The van der Waals surface area contributed by atoms with Crippen LogP contribution in [0.4, 0.5) is 5.69 Å². The summed E-state index contributed by atoms with van der Waals surface area (Å²) < 4.78 is 1.99. The number of hydrogen-bond acceptors (Lipinski definition) is 4. The predicted molar refractivity (Wildman–Crippen MR) is 73.9 cm³/mol. The van der Waals surface area contributed by atoms with Crippen LogP contribution in [0.15, 0.2) is 30.3 Å². The zero-order valence-electron chi connectivity index (χ0n) is 11.0. The fraction of sp³-hybridized carbons (Fsp3) is 0.214. The van der Waals surface area contributed by atoms with E-state index in [0.29, 0.717) is 6.42 Å². The van der Waals surface area contributed by atoms with Crippen LogP contribution in [-0.2, 0) is 6.42 Å². The molecule has 0 saturated carbocycles. The van der Waals surface area contributed by atoms with Gasteiger partial charge in [-0.25, -0.2) is 4.98 Å². The minimum atomic E-state index is 0.715. The molecule has 2 N–H and O–H groups in total. The van der Waals surface area contributed by atoms with Gasteiger partial charge in [0.2, 0.25) is 0 Å². The van der Waals surface area contributed by atoms with Crippen molar-refractivity contribution in [3.05, 3.63) is 53.2 Å². The van der Waals surface area contributed by atoms with Crippen molar-refractivity contribution in [2.45, 2.75) is 20.3 Å². The summed E-state index contributed by atoms with van der Waals surface area (Å²) in [6, 6.07) is 9.74. The molecular weight excluding hydrogens is 238 g/mol. The van der Waals surface area contributed by atoms with E-state index in [1.165, 1.54) is 0 Å². The van der Waals surface area contributed by atoms with Gasteiger partial charge in [0.15, 0.2) is 5.65 Å². The Bertz CT molecular complexity index is 727. The molecule has 5 nitrogen and oxygen atoms in total. The molecule has 1 aromatic carbocycles. The molecule has 0 aliphatic carbocycles. The molecule has 0 fully saturated rings. The summed E-state index contributed by atoms with van der Waals surface area (Å²) in [5.74, 6) is 1.80. The van der Waals surface area contributed by atoms with Gasteiger partial charge in [-0.3, -0.25) is 4.40 Å². The SMILES string of the molecule is Cc1cc2nnc(Cc3ccc(N)cc3)n2c(C)n1. The van der Waals surface area contributed by atoms with Crippen LogP contribution in [0.5, 0.6) is 0 Å². The number of hydrogen-bond donors (Lipinski definition) is 1. The third-order valence-electron chi connectivity index (χ3n) is 3.10. The lowest BCUT2D eigenvalue weighted by Crippen LogP contribution is -2.03. The van der Waals surface area contributed by atoms with E-state index in [0.717, 1.165) is 34.2 Å². The third kappa shape index (κ3) is 2.14. The molecule has 3 rings (SSSR count). The standard InChI is InChI=1S/C14H15N5/c1-9-7-13-17-18-14(19(13)10(2)16-9)8-11-3-5-12(15)6-4-11/h3-7H,8,15H2,1-2H3. The maximum absolute atomic E-state index is 5.69. The van der Waals surface area contributed by atoms with Crippen molar-refractivity contribution in [1.82, 2.24) is 19.6 Å². The fourth-order valence-electron chi connectivity index (χ4n) is 2.23. The molecule has 0 aliphatic rings. The molecule has 2 aromatic heterocycles. The van der Waals surface area contributed by atoms with Gasteiger partial charge in [0.05, 0.1) is 0 Å². The zero-order valence-corrected chi connectivity index (χ0v) is 11.0. The van der Waals surface area contributed by atoms with E-state index < -0.39 is 0 Å². The molecule has 0 saturated heterocycles. The quantitative estimate of drug-likeness (QED) is 0.708. The molecule has 0 amide bonds. The van der Waals surface area contributed by atoms with Crippen LogP contribution in [0, 0.1) is 13.8 Å². The summed E-state index contributed by atoms with van der Waals surface area (Å²) in [5, 5.41) is 8.46. The first-order valence-corrected chi connectivity index (χ1v) is 6.16. The van der Waals surface area contributed by atoms with Crippen molar-refractivity contribution in [2.75, 3.05) is 5.73 Å². The Labute approximate surface area is 111 Å². The van der Waals surface area contributed by atoms with Gasteiger partial charge in [0.1, 0.15) is 11.6 Å². The van der Waals surface area contributed by atoms with E-state index in [-0.39, 0.29) is 0 Å². The molecule has 2 heterocycles. The monoisotopic (exact) mass is 253 g/mol. The van der Waals surface area contributed by atoms with Crippen LogP contribution in [0.2, 0.25) is 0 Å². The molecular formula is C14H15N5. The highest BCUT2D eigenvalue weighted by atomic mass is 15.3. The lowest BCUT2D eigenvalue weighted by atomic mass is 10.1. The highest BCUT2D eigenvalue weighted by Gasteiger charge is 2.09. The molecule has 5 heteroatoms. The minimum absolute atomic E-state index is 0.715. The maximum Gasteiger partial charge on any atom is 0.164 e. The molecule has 0 bridgehead atoms.